The average molecular weight is 147 g/mol. The number of hydrogen-bond donors (Lipinski definition) is 2. The highest BCUT2D eigenvalue weighted by molar-refractivity contribution is 7.98. The van der Waals surface area contributed by atoms with Crippen LogP contribution in [0.5, 0.6) is 0 Å². The molecule has 0 aliphatic carbocycles. The molecule has 0 aliphatic rings. The van der Waals surface area contributed by atoms with Crippen molar-refractivity contribution >= 4 is 11.8 Å². The summed E-state index contributed by atoms with van der Waals surface area (Å²) in [5.41, 5.74) is 6.62. The summed E-state index contributed by atoms with van der Waals surface area (Å²) in [5.74, 6) is 0.628. The van der Waals surface area contributed by atoms with Gasteiger partial charge in [-0.3, -0.25) is 5.70 Å². The standard InChI is InChI=1S/C5H9NO2S/c1-9-3-2-4(6)5(7)8/h2,6-8H,3H2,1H3/q-2. The topological polar surface area (TPSA) is 64.3 Å². The molecule has 0 unspecified atom stereocenters. The van der Waals surface area contributed by atoms with Gasteiger partial charge in [-0.25, -0.2) is 6.08 Å². The van der Waals surface area contributed by atoms with Gasteiger partial charge >= 0.3 is 0 Å². The Morgan fingerprint density at radius 3 is 2.67 bits per heavy atom. The number of aliphatic hydroxyl groups excluding tert-OH is 1. The van der Waals surface area contributed by atoms with Crippen molar-refractivity contribution in [3.8, 4) is 0 Å². The van der Waals surface area contributed by atoms with E-state index < -0.39 is 6.29 Å². The van der Waals surface area contributed by atoms with Gasteiger partial charge in [0.1, 0.15) is 0 Å². The summed E-state index contributed by atoms with van der Waals surface area (Å²) >= 11 is 1.52. The molecule has 0 radical (unpaired) electrons. The normalized spacial score (nSPS) is 11.7. The first-order valence-corrected chi connectivity index (χ1v) is 3.73. The quantitative estimate of drug-likeness (QED) is 0.595. The Labute approximate surface area is 58.6 Å². The highest BCUT2D eigenvalue weighted by atomic mass is 32.2. The smallest absolute Gasteiger partial charge is 0.00120 e. The van der Waals surface area contributed by atoms with Crippen LogP contribution in [0.2, 0.25) is 0 Å². The second-order valence-corrected chi connectivity index (χ2v) is 2.31. The minimum absolute atomic E-state index is 0.218. The monoisotopic (exact) mass is 147 g/mol. The maximum Gasteiger partial charge on any atom is 0.00120 e. The summed E-state index contributed by atoms with van der Waals surface area (Å²) in [6.45, 7) is 0. The van der Waals surface area contributed by atoms with Gasteiger partial charge in [-0.05, 0) is 6.26 Å². The van der Waals surface area contributed by atoms with Crippen LogP contribution in [0, 0.1) is 6.29 Å². The molecule has 3 N–H and O–H groups in total. The van der Waals surface area contributed by atoms with E-state index in [0.29, 0.717) is 5.75 Å². The van der Waals surface area contributed by atoms with Crippen molar-refractivity contribution in [2.24, 2.45) is 0 Å². The summed E-state index contributed by atoms with van der Waals surface area (Å²) in [6, 6.07) is 0. The molecule has 0 aromatic carbocycles. The largest absolute Gasteiger partial charge is 0.726 e. The molecule has 0 aromatic heterocycles. The van der Waals surface area contributed by atoms with Crippen LogP contribution in [0.15, 0.2) is 11.8 Å². The molecule has 9 heavy (non-hydrogen) atoms. The van der Waals surface area contributed by atoms with Crippen molar-refractivity contribution in [3.63, 3.8) is 0 Å². The molecule has 0 aromatic rings. The third-order valence-corrected chi connectivity index (χ3v) is 1.20. The van der Waals surface area contributed by atoms with Crippen molar-refractivity contribution < 1.29 is 10.2 Å². The van der Waals surface area contributed by atoms with Crippen molar-refractivity contribution in [2.45, 2.75) is 0 Å². The second-order valence-electron chi connectivity index (χ2n) is 1.40. The first-order chi connectivity index (χ1) is 4.18. The highest BCUT2D eigenvalue weighted by Gasteiger charge is 1.77. The number of aliphatic hydroxyl groups is 2. The van der Waals surface area contributed by atoms with Crippen molar-refractivity contribution in [1.29, 1.82) is 0 Å². The number of thioether (sulfide) groups is 1. The SMILES string of the molecule is CSCC=C([NH-])[C-](O)O. The van der Waals surface area contributed by atoms with E-state index in [-0.39, 0.29) is 5.70 Å². The van der Waals surface area contributed by atoms with Crippen LogP contribution in [-0.2, 0) is 0 Å². The molecule has 0 saturated carbocycles. The lowest BCUT2D eigenvalue weighted by atomic mass is 10.4. The maximum absolute atomic E-state index is 8.25. The lowest BCUT2D eigenvalue weighted by molar-refractivity contribution is 0.109. The zero-order chi connectivity index (χ0) is 7.28. The third-order valence-electron chi connectivity index (χ3n) is 0.695. The summed E-state index contributed by atoms with van der Waals surface area (Å²) in [5, 5.41) is 16.5. The minimum atomic E-state index is -0.913. The van der Waals surface area contributed by atoms with E-state index in [2.05, 4.69) is 0 Å². The molecular formula is C5H9NO2S-2. The van der Waals surface area contributed by atoms with E-state index in [1.54, 1.807) is 0 Å². The summed E-state index contributed by atoms with van der Waals surface area (Å²) in [7, 11) is 0. The van der Waals surface area contributed by atoms with Crippen LogP contribution in [0.4, 0.5) is 0 Å². The zero-order valence-electron chi connectivity index (χ0n) is 5.09. The van der Waals surface area contributed by atoms with Crippen molar-refractivity contribution in [2.75, 3.05) is 12.0 Å². The molecule has 0 rings (SSSR count). The Morgan fingerprint density at radius 1 is 1.78 bits per heavy atom. The van der Waals surface area contributed by atoms with E-state index in [1.165, 1.54) is 17.8 Å². The lowest BCUT2D eigenvalue weighted by Gasteiger charge is -2.22. The molecule has 0 atom stereocenters. The fourth-order valence-corrected chi connectivity index (χ4v) is 0.591. The van der Waals surface area contributed by atoms with Gasteiger partial charge in [0.15, 0.2) is 0 Å². The Bertz CT molecular complexity index is 103. The van der Waals surface area contributed by atoms with Crippen LogP contribution in [0.1, 0.15) is 0 Å². The number of nitrogens with one attached hydrogen (secondary N) is 1. The predicted molar refractivity (Wildman–Crippen MR) is 37.9 cm³/mol. The van der Waals surface area contributed by atoms with Crippen LogP contribution in [0.25, 0.3) is 5.73 Å². The molecule has 3 nitrogen and oxygen atoms in total. The van der Waals surface area contributed by atoms with Crippen LogP contribution in [-0.4, -0.2) is 22.2 Å². The molecule has 0 saturated heterocycles. The van der Waals surface area contributed by atoms with Crippen LogP contribution >= 0.6 is 11.8 Å². The molecular weight excluding hydrogens is 138 g/mol. The van der Waals surface area contributed by atoms with E-state index in [1.807, 2.05) is 6.26 Å². The summed E-state index contributed by atoms with van der Waals surface area (Å²) in [4.78, 5) is 0. The molecule has 0 spiro atoms. The second kappa shape index (κ2) is 4.55. The van der Waals surface area contributed by atoms with Gasteiger partial charge in [-0.2, -0.15) is 11.8 Å². The average Bonchev–Trinajstić information content (AvgIpc) is 1.82. The minimum Gasteiger partial charge on any atom is -0.726 e. The molecule has 4 heteroatoms. The van der Waals surface area contributed by atoms with Gasteiger partial charge in [0.25, 0.3) is 0 Å². The summed E-state index contributed by atoms with van der Waals surface area (Å²) in [6.07, 6.45) is 2.39. The van der Waals surface area contributed by atoms with Gasteiger partial charge in [0, 0.05) is 6.29 Å². The fraction of sp³-hybridized carbons (Fsp3) is 0.400. The van der Waals surface area contributed by atoms with E-state index in [0.717, 1.165) is 0 Å². The van der Waals surface area contributed by atoms with Crippen molar-refractivity contribution in [1.82, 2.24) is 0 Å². The van der Waals surface area contributed by atoms with Gasteiger partial charge < -0.3 is 15.9 Å². The van der Waals surface area contributed by atoms with Crippen LogP contribution in [0.3, 0.4) is 0 Å². The predicted octanol–water partition coefficient (Wildman–Crippen LogP) is 1.52. The lowest BCUT2D eigenvalue weighted by Crippen LogP contribution is -1.93. The van der Waals surface area contributed by atoms with Crippen molar-refractivity contribution in [3.05, 3.63) is 23.8 Å². The molecule has 0 aliphatic heterocycles. The van der Waals surface area contributed by atoms with Gasteiger partial charge in [-0.15, -0.1) is 0 Å². The van der Waals surface area contributed by atoms with E-state index in [4.69, 9.17) is 15.9 Å². The van der Waals surface area contributed by atoms with Gasteiger partial charge in [0.05, 0.1) is 0 Å². The summed E-state index contributed by atoms with van der Waals surface area (Å²) < 4.78 is 0. The number of hydrogen-bond acceptors (Lipinski definition) is 3. The Morgan fingerprint density at radius 2 is 2.33 bits per heavy atom. The Kier molecular flexibility index (Phi) is 4.39. The highest BCUT2D eigenvalue weighted by Crippen LogP contribution is 2.07. The maximum atomic E-state index is 8.25. The molecule has 0 amide bonds. The van der Waals surface area contributed by atoms with Gasteiger partial charge in [-0.1, -0.05) is 5.75 Å². The number of rotatable bonds is 3. The first-order valence-electron chi connectivity index (χ1n) is 2.34. The van der Waals surface area contributed by atoms with Gasteiger partial charge in [0.2, 0.25) is 0 Å². The Hall–Kier alpha value is -0.320. The molecule has 0 heterocycles. The molecule has 0 bridgehead atoms. The Balaban J connectivity index is 3.55. The fourth-order valence-electron chi connectivity index (χ4n) is 0.258. The van der Waals surface area contributed by atoms with E-state index >= 15 is 0 Å². The third kappa shape index (κ3) is 4.20. The van der Waals surface area contributed by atoms with E-state index in [9.17, 15) is 0 Å². The zero-order valence-corrected chi connectivity index (χ0v) is 5.90. The van der Waals surface area contributed by atoms with Crippen LogP contribution < -0.4 is 0 Å². The molecule has 0 fully saturated rings. The molecule has 54 valence electrons. The first kappa shape index (κ1) is 8.68.